The van der Waals surface area contributed by atoms with Gasteiger partial charge in [-0.15, -0.1) is 0 Å². The molecule has 4 heteroatoms. The summed E-state index contributed by atoms with van der Waals surface area (Å²) in [6.45, 7) is 6.82. The third kappa shape index (κ3) is 2.05. The smallest absolute Gasteiger partial charge is 0.333 e. The predicted molar refractivity (Wildman–Crippen MR) is 66.9 cm³/mol. The minimum absolute atomic E-state index is 0.156. The third-order valence-corrected chi connectivity index (χ3v) is 3.89. The quantitative estimate of drug-likeness (QED) is 0.551. The second-order valence-electron chi connectivity index (χ2n) is 5.17. The molecule has 0 aromatic rings. The van der Waals surface area contributed by atoms with Crippen LogP contribution in [-0.4, -0.2) is 42.8 Å². The van der Waals surface area contributed by atoms with Gasteiger partial charge in [-0.2, -0.15) is 0 Å². The van der Waals surface area contributed by atoms with Crippen LogP contribution in [0.2, 0.25) is 0 Å². The van der Waals surface area contributed by atoms with Crippen molar-refractivity contribution in [1.29, 1.82) is 0 Å². The van der Waals surface area contributed by atoms with Crippen molar-refractivity contribution in [2.75, 3.05) is 19.7 Å². The third-order valence-electron chi connectivity index (χ3n) is 3.89. The molecule has 3 heterocycles. The van der Waals surface area contributed by atoms with Crippen LogP contribution in [0, 0.1) is 0 Å². The van der Waals surface area contributed by atoms with Crippen molar-refractivity contribution in [1.82, 2.24) is 4.90 Å². The number of cyclic esters (lactones) is 1. The zero-order valence-corrected chi connectivity index (χ0v) is 10.6. The van der Waals surface area contributed by atoms with E-state index in [9.17, 15) is 4.79 Å². The van der Waals surface area contributed by atoms with Gasteiger partial charge in [0.25, 0.3) is 0 Å². The predicted octanol–water partition coefficient (Wildman–Crippen LogP) is 1.63. The molecule has 2 atom stereocenters. The minimum Gasteiger partial charge on any atom is -0.450 e. The molecule has 0 amide bonds. The minimum atomic E-state index is -0.275. The van der Waals surface area contributed by atoms with Crippen molar-refractivity contribution in [2.24, 2.45) is 0 Å². The molecule has 0 saturated carbocycles. The van der Waals surface area contributed by atoms with E-state index in [-0.39, 0.29) is 18.2 Å². The van der Waals surface area contributed by atoms with Gasteiger partial charge in [-0.05, 0) is 31.3 Å². The molecule has 0 spiro atoms. The Hall–Kier alpha value is -1.29. The Kier molecular flexibility index (Phi) is 3.12. The molecule has 3 rings (SSSR count). The molecule has 3 aliphatic rings. The summed E-state index contributed by atoms with van der Waals surface area (Å²) in [5.74, 6) is -0.246. The molecule has 2 saturated heterocycles. The van der Waals surface area contributed by atoms with Crippen molar-refractivity contribution >= 4 is 5.97 Å². The number of hydrogen-bond acceptors (Lipinski definition) is 4. The van der Waals surface area contributed by atoms with E-state index >= 15 is 0 Å². The largest absolute Gasteiger partial charge is 0.450 e. The van der Waals surface area contributed by atoms with Gasteiger partial charge in [-0.25, -0.2) is 4.79 Å². The molecule has 98 valence electrons. The van der Waals surface area contributed by atoms with Crippen LogP contribution < -0.4 is 0 Å². The van der Waals surface area contributed by atoms with Crippen LogP contribution >= 0.6 is 0 Å². The average Bonchev–Trinajstić information content (AvgIpc) is 2.98. The van der Waals surface area contributed by atoms with Crippen LogP contribution in [0.15, 0.2) is 23.9 Å². The van der Waals surface area contributed by atoms with Gasteiger partial charge >= 0.3 is 5.97 Å². The van der Waals surface area contributed by atoms with Gasteiger partial charge in [0.05, 0.1) is 5.70 Å². The molecule has 0 radical (unpaired) electrons. The summed E-state index contributed by atoms with van der Waals surface area (Å²) < 4.78 is 11.2. The molecule has 0 aliphatic carbocycles. The van der Waals surface area contributed by atoms with Crippen LogP contribution in [0.5, 0.6) is 0 Å². The molecule has 0 bridgehead atoms. The van der Waals surface area contributed by atoms with E-state index in [4.69, 9.17) is 9.47 Å². The number of likely N-dealkylation sites (tertiary alicyclic amines) is 1. The van der Waals surface area contributed by atoms with E-state index in [1.165, 1.54) is 12.8 Å². The highest BCUT2D eigenvalue weighted by molar-refractivity contribution is 5.86. The molecule has 3 aliphatic heterocycles. The fraction of sp³-hybridized carbons (Fsp3) is 0.643. The summed E-state index contributed by atoms with van der Waals surface area (Å²) in [7, 11) is 0. The van der Waals surface area contributed by atoms with Crippen LogP contribution in [0.4, 0.5) is 0 Å². The zero-order valence-electron chi connectivity index (χ0n) is 10.6. The summed E-state index contributed by atoms with van der Waals surface area (Å²) in [5, 5.41) is 0. The first-order chi connectivity index (χ1) is 8.75. The van der Waals surface area contributed by atoms with Crippen molar-refractivity contribution in [2.45, 2.75) is 37.9 Å². The fourth-order valence-corrected chi connectivity index (χ4v) is 2.96. The Morgan fingerprint density at radius 1 is 1.22 bits per heavy atom. The first kappa shape index (κ1) is 11.8. The lowest BCUT2D eigenvalue weighted by molar-refractivity contribution is -0.145. The number of esters is 1. The first-order valence-electron chi connectivity index (χ1n) is 6.72. The van der Waals surface area contributed by atoms with Gasteiger partial charge in [0.1, 0.15) is 6.10 Å². The second-order valence-corrected chi connectivity index (χ2v) is 5.17. The summed E-state index contributed by atoms with van der Waals surface area (Å²) in [6, 6.07) is 0. The molecule has 0 aromatic heterocycles. The van der Waals surface area contributed by atoms with E-state index in [1.807, 2.05) is 0 Å². The number of carbonyl (C=O) groups is 1. The average molecular weight is 249 g/mol. The highest BCUT2D eigenvalue weighted by Crippen LogP contribution is 2.32. The summed E-state index contributed by atoms with van der Waals surface area (Å²) in [5.41, 5.74) is 2.04. The standard InChI is InChI=1S/C14H19NO3/c1-10-5-4-8-17-13(10)14-11(9-12(16)18-14)15-6-2-3-7-15/h9,13-14H,1-8H2. The van der Waals surface area contributed by atoms with Crippen molar-refractivity contribution in [3.8, 4) is 0 Å². The van der Waals surface area contributed by atoms with Gasteiger partial charge in [0.15, 0.2) is 6.10 Å². The Morgan fingerprint density at radius 3 is 2.72 bits per heavy atom. The second kappa shape index (κ2) is 4.76. The van der Waals surface area contributed by atoms with Crippen LogP contribution in [0.3, 0.4) is 0 Å². The lowest BCUT2D eigenvalue weighted by Gasteiger charge is -2.33. The molecular formula is C14H19NO3. The maximum atomic E-state index is 11.6. The highest BCUT2D eigenvalue weighted by Gasteiger charge is 2.39. The number of ether oxygens (including phenoxy) is 2. The Morgan fingerprint density at radius 2 is 2.00 bits per heavy atom. The molecular weight excluding hydrogens is 230 g/mol. The Balaban J connectivity index is 1.79. The number of hydrogen-bond donors (Lipinski definition) is 0. The maximum Gasteiger partial charge on any atom is 0.333 e. The van der Waals surface area contributed by atoms with Gasteiger partial charge in [-0.3, -0.25) is 0 Å². The van der Waals surface area contributed by atoms with Gasteiger partial charge < -0.3 is 14.4 Å². The normalized spacial score (nSPS) is 32.7. The van der Waals surface area contributed by atoms with Crippen molar-refractivity contribution in [3.05, 3.63) is 23.9 Å². The van der Waals surface area contributed by atoms with E-state index in [0.29, 0.717) is 0 Å². The van der Waals surface area contributed by atoms with Gasteiger partial charge in [0.2, 0.25) is 0 Å². The fourth-order valence-electron chi connectivity index (χ4n) is 2.96. The molecule has 0 aromatic carbocycles. The molecule has 2 unspecified atom stereocenters. The van der Waals surface area contributed by atoms with Crippen LogP contribution in [0.25, 0.3) is 0 Å². The maximum absolute atomic E-state index is 11.6. The van der Waals surface area contributed by atoms with Crippen LogP contribution in [0.1, 0.15) is 25.7 Å². The van der Waals surface area contributed by atoms with E-state index < -0.39 is 0 Å². The molecule has 2 fully saturated rings. The Labute approximate surface area is 107 Å². The zero-order chi connectivity index (χ0) is 12.5. The monoisotopic (exact) mass is 249 g/mol. The molecule has 18 heavy (non-hydrogen) atoms. The Bertz CT molecular complexity index is 396. The number of rotatable bonds is 2. The molecule has 4 nitrogen and oxygen atoms in total. The van der Waals surface area contributed by atoms with E-state index in [0.717, 1.165) is 43.8 Å². The highest BCUT2D eigenvalue weighted by atomic mass is 16.6. The number of nitrogens with zero attached hydrogens (tertiary/aromatic N) is 1. The number of carbonyl (C=O) groups excluding carboxylic acids is 1. The van der Waals surface area contributed by atoms with Gasteiger partial charge in [0, 0.05) is 25.8 Å². The molecule has 0 N–H and O–H groups in total. The van der Waals surface area contributed by atoms with Gasteiger partial charge in [-0.1, -0.05) is 6.58 Å². The summed E-state index contributed by atoms with van der Waals surface area (Å²) >= 11 is 0. The first-order valence-corrected chi connectivity index (χ1v) is 6.72. The summed E-state index contributed by atoms with van der Waals surface area (Å²) in [4.78, 5) is 13.8. The lowest BCUT2D eigenvalue weighted by Crippen LogP contribution is -2.39. The van der Waals surface area contributed by atoms with E-state index in [2.05, 4.69) is 11.5 Å². The van der Waals surface area contributed by atoms with Crippen molar-refractivity contribution < 1.29 is 14.3 Å². The van der Waals surface area contributed by atoms with Crippen LogP contribution in [-0.2, 0) is 14.3 Å². The lowest BCUT2D eigenvalue weighted by atomic mass is 9.97. The summed E-state index contributed by atoms with van der Waals surface area (Å²) in [6.07, 6.45) is 5.54. The van der Waals surface area contributed by atoms with Crippen molar-refractivity contribution in [3.63, 3.8) is 0 Å². The van der Waals surface area contributed by atoms with E-state index in [1.54, 1.807) is 6.08 Å². The SMILES string of the molecule is C=C1CCCOC1C1OC(=O)C=C1N1CCCC1. The topological polar surface area (TPSA) is 38.8 Å².